The summed E-state index contributed by atoms with van der Waals surface area (Å²) < 4.78 is 13.2. The third kappa shape index (κ3) is 4.41. The summed E-state index contributed by atoms with van der Waals surface area (Å²) in [6.07, 6.45) is 2.89. The van der Waals surface area contributed by atoms with Gasteiger partial charge in [0, 0.05) is 39.5 Å². The van der Waals surface area contributed by atoms with Gasteiger partial charge < -0.3 is 9.47 Å². The Bertz CT molecular complexity index is 585. The lowest BCUT2D eigenvalue weighted by atomic mass is 10.1. The first-order valence-corrected chi connectivity index (χ1v) is 8.22. The van der Waals surface area contributed by atoms with Gasteiger partial charge in [0.1, 0.15) is 0 Å². The number of ether oxygens (including phenoxy) is 2. The molecule has 0 fully saturated rings. The predicted octanol–water partition coefficient (Wildman–Crippen LogP) is 2.49. The Labute approximate surface area is 137 Å². The van der Waals surface area contributed by atoms with E-state index in [2.05, 4.69) is 32.9 Å². The Kier molecular flexibility index (Phi) is 5.80. The van der Waals surface area contributed by atoms with Crippen molar-refractivity contribution in [3.8, 4) is 0 Å². The van der Waals surface area contributed by atoms with Crippen molar-refractivity contribution in [2.45, 2.75) is 25.6 Å². The molecule has 1 aromatic carbocycles. The molecule has 0 spiro atoms. The topological polar surface area (TPSA) is 39.5 Å². The SMILES string of the molecule is COCCC1CN(CCOCc2ccccc2)Cc2ccnn21. The number of hydrogen-bond acceptors (Lipinski definition) is 4. The Hall–Kier alpha value is -1.69. The number of methoxy groups -OCH3 is 1. The second kappa shape index (κ2) is 8.24. The lowest BCUT2D eigenvalue weighted by Crippen LogP contribution is -2.39. The van der Waals surface area contributed by atoms with Gasteiger partial charge in [0.25, 0.3) is 0 Å². The monoisotopic (exact) mass is 315 g/mol. The van der Waals surface area contributed by atoms with Gasteiger partial charge >= 0.3 is 0 Å². The van der Waals surface area contributed by atoms with E-state index >= 15 is 0 Å². The maximum atomic E-state index is 5.82. The summed E-state index contributed by atoms with van der Waals surface area (Å²) in [6, 6.07) is 12.8. The maximum absolute atomic E-state index is 5.82. The smallest absolute Gasteiger partial charge is 0.0717 e. The number of hydrogen-bond donors (Lipinski definition) is 0. The highest BCUT2D eigenvalue weighted by Gasteiger charge is 2.24. The average molecular weight is 315 g/mol. The van der Waals surface area contributed by atoms with Crippen molar-refractivity contribution >= 4 is 0 Å². The number of rotatable bonds is 8. The van der Waals surface area contributed by atoms with E-state index in [1.807, 2.05) is 24.4 Å². The van der Waals surface area contributed by atoms with Crippen LogP contribution >= 0.6 is 0 Å². The minimum absolute atomic E-state index is 0.392. The van der Waals surface area contributed by atoms with E-state index in [0.29, 0.717) is 12.6 Å². The molecule has 0 N–H and O–H groups in total. The van der Waals surface area contributed by atoms with Gasteiger partial charge in [0.05, 0.1) is 24.9 Å². The third-order valence-corrected chi connectivity index (χ3v) is 4.27. The van der Waals surface area contributed by atoms with E-state index < -0.39 is 0 Å². The van der Waals surface area contributed by atoms with Crippen LogP contribution in [-0.4, -0.2) is 48.1 Å². The fourth-order valence-corrected chi connectivity index (χ4v) is 3.06. The molecule has 0 bridgehead atoms. The molecule has 1 unspecified atom stereocenters. The first kappa shape index (κ1) is 16.2. The Balaban J connectivity index is 1.47. The molecule has 1 atom stereocenters. The van der Waals surface area contributed by atoms with Crippen LogP contribution in [0.4, 0.5) is 0 Å². The summed E-state index contributed by atoms with van der Waals surface area (Å²) in [4.78, 5) is 2.45. The summed E-state index contributed by atoms with van der Waals surface area (Å²) in [5, 5.41) is 4.46. The van der Waals surface area contributed by atoms with Crippen LogP contribution in [0.25, 0.3) is 0 Å². The van der Waals surface area contributed by atoms with Crippen molar-refractivity contribution in [3.63, 3.8) is 0 Å². The molecule has 1 aromatic heterocycles. The molecule has 1 aliphatic heterocycles. The van der Waals surface area contributed by atoms with Crippen LogP contribution in [0.3, 0.4) is 0 Å². The molecule has 5 nitrogen and oxygen atoms in total. The normalized spacial score (nSPS) is 18.0. The largest absolute Gasteiger partial charge is 0.385 e. The molecule has 2 aromatic rings. The van der Waals surface area contributed by atoms with Crippen molar-refractivity contribution < 1.29 is 9.47 Å². The summed E-state index contributed by atoms with van der Waals surface area (Å²) in [5.74, 6) is 0. The summed E-state index contributed by atoms with van der Waals surface area (Å²) in [7, 11) is 1.75. The van der Waals surface area contributed by atoms with Crippen molar-refractivity contribution in [3.05, 3.63) is 53.9 Å². The Morgan fingerprint density at radius 1 is 1.17 bits per heavy atom. The molecule has 1 aliphatic rings. The molecule has 3 rings (SSSR count). The number of nitrogens with zero attached hydrogens (tertiary/aromatic N) is 3. The van der Waals surface area contributed by atoms with Gasteiger partial charge in [-0.25, -0.2) is 0 Å². The van der Waals surface area contributed by atoms with Gasteiger partial charge in [-0.05, 0) is 18.1 Å². The van der Waals surface area contributed by atoms with Crippen molar-refractivity contribution in [1.29, 1.82) is 0 Å². The van der Waals surface area contributed by atoms with Crippen molar-refractivity contribution in [1.82, 2.24) is 14.7 Å². The van der Waals surface area contributed by atoms with Crippen LogP contribution in [0.1, 0.15) is 23.7 Å². The Morgan fingerprint density at radius 2 is 2.04 bits per heavy atom. The van der Waals surface area contributed by atoms with Gasteiger partial charge in [0.15, 0.2) is 0 Å². The molecule has 0 saturated heterocycles. The van der Waals surface area contributed by atoms with Gasteiger partial charge in [-0.15, -0.1) is 0 Å². The molecular formula is C18H25N3O2. The summed E-state index contributed by atoms with van der Waals surface area (Å²) in [5.41, 5.74) is 2.50. The molecule has 0 amide bonds. The quantitative estimate of drug-likeness (QED) is 0.702. The van der Waals surface area contributed by atoms with Gasteiger partial charge in [-0.3, -0.25) is 9.58 Å². The lowest BCUT2D eigenvalue weighted by Gasteiger charge is -2.33. The van der Waals surface area contributed by atoms with Crippen LogP contribution in [-0.2, 0) is 22.6 Å². The molecule has 0 saturated carbocycles. The molecule has 2 heterocycles. The lowest BCUT2D eigenvalue weighted by molar-refractivity contribution is 0.0696. The average Bonchev–Trinajstić information content (AvgIpc) is 3.06. The van der Waals surface area contributed by atoms with Crippen LogP contribution in [0, 0.1) is 0 Å². The van der Waals surface area contributed by atoms with Crippen LogP contribution in [0.15, 0.2) is 42.6 Å². The van der Waals surface area contributed by atoms with Gasteiger partial charge in [-0.2, -0.15) is 5.10 Å². The summed E-state index contributed by atoms with van der Waals surface area (Å²) >= 11 is 0. The van der Waals surface area contributed by atoms with Crippen LogP contribution in [0.5, 0.6) is 0 Å². The first-order valence-electron chi connectivity index (χ1n) is 8.22. The minimum Gasteiger partial charge on any atom is -0.385 e. The fourth-order valence-electron chi connectivity index (χ4n) is 3.06. The highest BCUT2D eigenvalue weighted by molar-refractivity contribution is 5.13. The fraction of sp³-hybridized carbons (Fsp3) is 0.500. The van der Waals surface area contributed by atoms with Crippen molar-refractivity contribution in [2.24, 2.45) is 0 Å². The van der Waals surface area contributed by atoms with Gasteiger partial charge in [-0.1, -0.05) is 30.3 Å². The van der Waals surface area contributed by atoms with E-state index in [1.54, 1.807) is 7.11 Å². The van der Waals surface area contributed by atoms with Gasteiger partial charge in [0.2, 0.25) is 0 Å². The highest BCUT2D eigenvalue weighted by atomic mass is 16.5. The number of fused-ring (bicyclic) bond motifs is 1. The zero-order valence-corrected chi connectivity index (χ0v) is 13.7. The zero-order chi connectivity index (χ0) is 15.9. The second-order valence-corrected chi connectivity index (χ2v) is 5.98. The standard InChI is InChI=1S/C18H25N3O2/c1-22-11-8-18-14-20(13-17-7-9-19-21(17)18)10-12-23-15-16-5-3-2-4-6-16/h2-7,9,18H,8,10-15H2,1H3. The molecular weight excluding hydrogens is 290 g/mol. The molecule has 0 aliphatic carbocycles. The van der Waals surface area contributed by atoms with E-state index in [4.69, 9.17) is 9.47 Å². The Morgan fingerprint density at radius 3 is 2.87 bits per heavy atom. The molecule has 0 radical (unpaired) electrons. The van der Waals surface area contributed by atoms with Crippen LogP contribution < -0.4 is 0 Å². The van der Waals surface area contributed by atoms with Crippen molar-refractivity contribution in [2.75, 3.05) is 33.4 Å². The van der Waals surface area contributed by atoms with E-state index in [-0.39, 0.29) is 0 Å². The maximum Gasteiger partial charge on any atom is 0.0717 e. The van der Waals surface area contributed by atoms with E-state index in [9.17, 15) is 0 Å². The highest BCUT2D eigenvalue weighted by Crippen LogP contribution is 2.22. The molecule has 5 heteroatoms. The van der Waals surface area contributed by atoms with E-state index in [1.165, 1.54) is 11.3 Å². The predicted molar refractivity (Wildman–Crippen MR) is 89.1 cm³/mol. The zero-order valence-electron chi connectivity index (χ0n) is 13.7. The van der Waals surface area contributed by atoms with E-state index in [0.717, 1.165) is 39.3 Å². The number of benzene rings is 1. The minimum atomic E-state index is 0.392. The van der Waals surface area contributed by atoms with Crippen LogP contribution in [0.2, 0.25) is 0 Å². The second-order valence-electron chi connectivity index (χ2n) is 5.98. The summed E-state index contributed by atoms with van der Waals surface area (Å²) in [6.45, 7) is 5.09. The molecule has 124 valence electrons. The molecule has 23 heavy (non-hydrogen) atoms. The number of aromatic nitrogens is 2. The first-order chi connectivity index (χ1) is 11.4. The third-order valence-electron chi connectivity index (χ3n) is 4.27.